The third-order valence-corrected chi connectivity index (χ3v) is 4.84. The number of aliphatic carboxylic acids is 1. The van der Waals surface area contributed by atoms with Gasteiger partial charge in [0.25, 0.3) is 0 Å². The van der Waals surface area contributed by atoms with Crippen LogP contribution in [0, 0.1) is 6.92 Å². The zero-order valence-corrected chi connectivity index (χ0v) is 17.3. The second-order valence-electron chi connectivity index (χ2n) is 6.36. The van der Waals surface area contributed by atoms with Crippen molar-refractivity contribution in [3.8, 4) is 5.75 Å². The number of hydrogen-bond acceptors (Lipinski definition) is 3. The van der Waals surface area contributed by atoms with Crippen LogP contribution < -0.4 is 4.74 Å². The molecule has 1 N–H and O–H groups in total. The molecule has 5 nitrogen and oxygen atoms in total. The first-order chi connectivity index (χ1) is 12.8. The largest absolute Gasteiger partial charge is 0.494 e. The Labute approximate surface area is 169 Å². The third kappa shape index (κ3) is 5.75. The molecule has 7 heteroatoms. The third-order valence-electron chi connectivity index (χ3n) is 4.21. The molecule has 2 aromatic rings. The van der Waals surface area contributed by atoms with Crippen LogP contribution in [-0.4, -0.2) is 27.2 Å². The maximum Gasteiger partial charge on any atom is 0.331 e. The van der Waals surface area contributed by atoms with Crippen molar-refractivity contribution in [2.75, 3.05) is 6.61 Å². The van der Waals surface area contributed by atoms with Crippen molar-refractivity contribution < 1.29 is 14.6 Å². The van der Waals surface area contributed by atoms with Gasteiger partial charge in [0.1, 0.15) is 11.6 Å². The summed E-state index contributed by atoms with van der Waals surface area (Å²) >= 11 is 12.6. The van der Waals surface area contributed by atoms with Crippen LogP contribution in [0.4, 0.5) is 0 Å². The van der Waals surface area contributed by atoms with Gasteiger partial charge in [0.05, 0.1) is 18.8 Å². The minimum absolute atomic E-state index is 0.181. The van der Waals surface area contributed by atoms with Crippen molar-refractivity contribution in [3.63, 3.8) is 0 Å². The molecule has 0 unspecified atom stereocenters. The van der Waals surface area contributed by atoms with Gasteiger partial charge in [-0.2, -0.15) is 0 Å². The van der Waals surface area contributed by atoms with Crippen LogP contribution in [0.2, 0.25) is 10.2 Å². The molecule has 0 saturated carbocycles. The molecule has 27 heavy (non-hydrogen) atoms. The number of carboxylic acids is 1. The van der Waals surface area contributed by atoms with Crippen LogP contribution >= 0.6 is 23.2 Å². The number of rotatable bonds is 9. The Morgan fingerprint density at radius 1 is 1.33 bits per heavy atom. The zero-order valence-electron chi connectivity index (χ0n) is 15.8. The molecule has 1 heterocycles. The summed E-state index contributed by atoms with van der Waals surface area (Å²) in [6.45, 7) is 6.58. The van der Waals surface area contributed by atoms with Gasteiger partial charge in [0.2, 0.25) is 0 Å². The lowest BCUT2D eigenvalue weighted by atomic mass is 10.2. The Bertz CT molecular complexity index is 844. The number of ether oxygens (including phenoxy) is 1. The number of aromatic nitrogens is 2. The van der Waals surface area contributed by atoms with Gasteiger partial charge < -0.3 is 14.4 Å². The van der Waals surface area contributed by atoms with Gasteiger partial charge in [-0.3, -0.25) is 0 Å². The SMILES string of the molecule is CCCCCOc1ccc(Cn2c(C)nc(Cl)c2/C=C(\C)C(=O)O)c(Cl)c1. The topological polar surface area (TPSA) is 64.4 Å². The summed E-state index contributed by atoms with van der Waals surface area (Å²) in [6.07, 6.45) is 4.82. The summed E-state index contributed by atoms with van der Waals surface area (Å²) in [6, 6.07) is 5.59. The number of carboxylic acid groups (broad SMARTS) is 1. The lowest BCUT2D eigenvalue weighted by Crippen LogP contribution is -2.06. The Balaban J connectivity index is 2.22. The Hall–Kier alpha value is -1.98. The minimum atomic E-state index is -1.00. The summed E-state index contributed by atoms with van der Waals surface area (Å²) in [5.41, 5.74) is 1.60. The summed E-state index contributed by atoms with van der Waals surface area (Å²) < 4.78 is 7.57. The molecule has 0 fully saturated rings. The van der Waals surface area contributed by atoms with Crippen LogP contribution in [0.5, 0.6) is 5.75 Å². The van der Waals surface area contributed by atoms with E-state index in [4.69, 9.17) is 33.0 Å². The molecule has 0 amide bonds. The van der Waals surface area contributed by atoms with Gasteiger partial charge >= 0.3 is 5.97 Å². The first kappa shape index (κ1) is 21.3. The summed E-state index contributed by atoms with van der Waals surface area (Å²) in [5.74, 6) is 0.418. The van der Waals surface area contributed by atoms with E-state index in [-0.39, 0.29) is 10.7 Å². The molecule has 146 valence electrons. The highest BCUT2D eigenvalue weighted by atomic mass is 35.5. The van der Waals surface area contributed by atoms with Gasteiger partial charge in [0, 0.05) is 10.6 Å². The Kier molecular flexibility index (Phi) is 7.75. The van der Waals surface area contributed by atoms with Crippen LogP contribution in [0.1, 0.15) is 50.2 Å². The van der Waals surface area contributed by atoms with E-state index in [0.717, 1.165) is 30.6 Å². The molecule has 0 aliphatic carbocycles. The smallest absolute Gasteiger partial charge is 0.331 e. The van der Waals surface area contributed by atoms with Gasteiger partial charge in [-0.15, -0.1) is 0 Å². The van der Waals surface area contributed by atoms with Gasteiger partial charge in [-0.25, -0.2) is 9.78 Å². The summed E-state index contributed by atoms with van der Waals surface area (Å²) in [5, 5.41) is 9.97. The zero-order chi connectivity index (χ0) is 20.0. The predicted molar refractivity (Wildman–Crippen MR) is 109 cm³/mol. The first-order valence-corrected chi connectivity index (χ1v) is 9.64. The van der Waals surface area contributed by atoms with Crippen molar-refractivity contribution in [3.05, 3.63) is 51.0 Å². The first-order valence-electron chi connectivity index (χ1n) is 8.89. The fraction of sp³-hybridized carbons (Fsp3) is 0.400. The van der Waals surface area contributed by atoms with Crippen molar-refractivity contribution in [2.45, 2.75) is 46.6 Å². The van der Waals surface area contributed by atoms with Gasteiger partial charge in [0.15, 0.2) is 5.15 Å². The standard InChI is InChI=1S/C20H24Cl2N2O3/c1-4-5-6-9-27-16-8-7-15(17(21)11-16)12-24-14(3)23-19(22)18(24)10-13(2)20(25)26/h7-8,10-11H,4-6,9,12H2,1-3H3,(H,25,26)/b13-10+. The fourth-order valence-corrected chi connectivity index (χ4v) is 3.12. The fourth-order valence-electron chi connectivity index (χ4n) is 2.61. The van der Waals surface area contributed by atoms with E-state index in [9.17, 15) is 4.79 Å². The number of aryl methyl sites for hydroxylation is 1. The molecule has 2 rings (SSSR count). The molecule has 0 atom stereocenters. The number of benzene rings is 1. The predicted octanol–water partition coefficient (Wildman–Crippen LogP) is 5.60. The molecule has 0 aliphatic heterocycles. The van der Waals surface area contributed by atoms with Crippen LogP contribution in [0.15, 0.2) is 23.8 Å². The minimum Gasteiger partial charge on any atom is -0.494 e. The quantitative estimate of drug-likeness (QED) is 0.431. The van der Waals surface area contributed by atoms with Crippen LogP contribution in [0.3, 0.4) is 0 Å². The number of carbonyl (C=O) groups is 1. The maximum absolute atomic E-state index is 11.1. The van der Waals surface area contributed by atoms with E-state index in [1.54, 1.807) is 6.07 Å². The number of nitrogens with zero attached hydrogens (tertiary/aromatic N) is 2. The molecule has 0 spiro atoms. The second kappa shape index (κ2) is 9.81. The number of unbranched alkanes of at least 4 members (excludes halogenated alkanes) is 2. The van der Waals surface area contributed by atoms with Gasteiger partial charge in [-0.05, 0) is 44.0 Å². The monoisotopic (exact) mass is 410 g/mol. The molecule has 1 aromatic carbocycles. The van der Waals surface area contributed by atoms with Crippen molar-refractivity contribution in [1.82, 2.24) is 9.55 Å². The normalized spacial score (nSPS) is 11.7. The van der Waals surface area contributed by atoms with Crippen LogP contribution in [-0.2, 0) is 11.3 Å². The lowest BCUT2D eigenvalue weighted by Gasteiger charge is -2.12. The maximum atomic E-state index is 11.1. The van der Waals surface area contributed by atoms with Crippen molar-refractivity contribution >= 4 is 35.2 Å². The molecule has 0 bridgehead atoms. The van der Waals surface area contributed by atoms with E-state index >= 15 is 0 Å². The molecular weight excluding hydrogens is 387 g/mol. The average Bonchev–Trinajstić information content (AvgIpc) is 2.87. The highest BCUT2D eigenvalue weighted by molar-refractivity contribution is 6.31. The summed E-state index contributed by atoms with van der Waals surface area (Å²) in [7, 11) is 0. The molecule has 0 aliphatic rings. The van der Waals surface area contributed by atoms with Crippen molar-refractivity contribution in [2.24, 2.45) is 0 Å². The summed E-state index contributed by atoms with van der Waals surface area (Å²) in [4.78, 5) is 15.4. The van der Waals surface area contributed by atoms with E-state index in [0.29, 0.717) is 29.7 Å². The number of halogens is 2. The lowest BCUT2D eigenvalue weighted by molar-refractivity contribution is -0.132. The van der Waals surface area contributed by atoms with Crippen LogP contribution in [0.25, 0.3) is 6.08 Å². The highest BCUT2D eigenvalue weighted by Crippen LogP contribution is 2.27. The second-order valence-corrected chi connectivity index (χ2v) is 7.13. The molecule has 1 aromatic heterocycles. The highest BCUT2D eigenvalue weighted by Gasteiger charge is 2.15. The number of imidazole rings is 1. The van der Waals surface area contributed by atoms with E-state index < -0.39 is 5.97 Å². The van der Waals surface area contributed by atoms with Crippen molar-refractivity contribution in [1.29, 1.82) is 0 Å². The molecular formula is C20H24Cl2N2O3. The van der Waals surface area contributed by atoms with E-state index in [2.05, 4.69) is 11.9 Å². The van der Waals surface area contributed by atoms with E-state index in [1.807, 2.05) is 23.6 Å². The number of hydrogen-bond donors (Lipinski definition) is 1. The Morgan fingerprint density at radius 2 is 2.07 bits per heavy atom. The average molecular weight is 411 g/mol. The molecule has 0 saturated heterocycles. The van der Waals surface area contributed by atoms with E-state index in [1.165, 1.54) is 13.0 Å². The molecule has 0 radical (unpaired) electrons. The Morgan fingerprint density at radius 3 is 2.70 bits per heavy atom. The van der Waals surface area contributed by atoms with Gasteiger partial charge in [-0.1, -0.05) is 49.0 Å².